The van der Waals surface area contributed by atoms with Crippen molar-refractivity contribution in [2.45, 2.75) is 37.1 Å². The summed E-state index contributed by atoms with van der Waals surface area (Å²) in [4.78, 5) is 0. The summed E-state index contributed by atoms with van der Waals surface area (Å²) >= 11 is 6.39. The van der Waals surface area contributed by atoms with E-state index >= 15 is 0 Å². The van der Waals surface area contributed by atoms with E-state index in [1.54, 1.807) is 19.2 Å². The topological polar surface area (TPSA) is 97.6 Å². The lowest BCUT2D eigenvalue weighted by atomic mass is 9.92. The average molecular weight is 439 g/mol. The first-order chi connectivity index (χ1) is 14.4. The molecule has 8 heteroatoms. The predicted molar refractivity (Wildman–Crippen MR) is 111 cm³/mol. The van der Waals surface area contributed by atoms with Crippen molar-refractivity contribution in [3.63, 3.8) is 0 Å². The van der Waals surface area contributed by atoms with E-state index < -0.39 is 30.7 Å². The number of aliphatic hydroxyl groups is 3. The van der Waals surface area contributed by atoms with Crippen LogP contribution in [0, 0.1) is 0 Å². The van der Waals surface area contributed by atoms with Gasteiger partial charge in [0.2, 0.25) is 0 Å². The fraction of sp³-hybridized carbons (Fsp3) is 0.455. The van der Waals surface area contributed by atoms with Crippen LogP contribution in [0.2, 0.25) is 5.02 Å². The highest BCUT2D eigenvalue weighted by Gasteiger charge is 2.44. The number of rotatable bonds is 8. The van der Waals surface area contributed by atoms with Gasteiger partial charge in [0.1, 0.15) is 36.8 Å². The molecule has 3 rings (SSSR count). The minimum atomic E-state index is -1.39. The Morgan fingerprint density at radius 1 is 0.933 bits per heavy atom. The molecule has 1 aliphatic rings. The third kappa shape index (κ3) is 5.31. The molecular formula is C22H27ClO7. The van der Waals surface area contributed by atoms with E-state index in [9.17, 15) is 15.3 Å². The second-order valence-electron chi connectivity index (χ2n) is 7.15. The predicted octanol–water partition coefficient (Wildman–Crippen LogP) is 2.08. The molecule has 1 heterocycles. The molecule has 5 atom stereocenters. The summed E-state index contributed by atoms with van der Waals surface area (Å²) in [6.07, 6.45) is -5.37. The van der Waals surface area contributed by atoms with E-state index in [1.165, 1.54) is 7.11 Å². The van der Waals surface area contributed by atoms with Crippen LogP contribution in [0.25, 0.3) is 0 Å². The summed E-state index contributed by atoms with van der Waals surface area (Å²) in [6.45, 7) is 1.01. The lowest BCUT2D eigenvalue weighted by molar-refractivity contribution is -0.292. The molecule has 0 radical (unpaired) electrons. The molecule has 0 amide bonds. The highest BCUT2D eigenvalue weighted by Crippen LogP contribution is 2.34. The Hall–Kier alpha value is -1.71. The average Bonchev–Trinajstić information content (AvgIpc) is 2.75. The number of methoxy groups -OCH3 is 2. The summed E-state index contributed by atoms with van der Waals surface area (Å²) in [7, 11) is 2.99. The minimum Gasteiger partial charge on any atom is -0.491 e. The zero-order chi connectivity index (χ0) is 21.7. The van der Waals surface area contributed by atoms with Crippen LogP contribution in [-0.4, -0.2) is 67.4 Å². The van der Waals surface area contributed by atoms with Gasteiger partial charge in [-0.3, -0.25) is 0 Å². The number of aliphatic hydroxyl groups excluding tert-OH is 3. The van der Waals surface area contributed by atoms with Crippen molar-refractivity contribution in [1.29, 1.82) is 0 Å². The molecule has 0 aliphatic carbocycles. The van der Waals surface area contributed by atoms with Crippen molar-refractivity contribution < 1.29 is 34.3 Å². The third-order valence-corrected chi connectivity index (χ3v) is 5.44. The molecular weight excluding hydrogens is 412 g/mol. The van der Waals surface area contributed by atoms with Crippen LogP contribution >= 0.6 is 11.6 Å². The van der Waals surface area contributed by atoms with Crippen LogP contribution in [-0.2, 0) is 20.6 Å². The molecule has 1 unspecified atom stereocenters. The van der Waals surface area contributed by atoms with Gasteiger partial charge >= 0.3 is 0 Å². The molecule has 1 aliphatic heterocycles. The molecule has 2 aromatic carbocycles. The van der Waals surface area contributed by atoms with Crippen LogP contribution in [0.1, 0.15) is 22.8 Å². The summed E-state index contributed by atoms with van der Waals surface area (Å²) in [5.41, 5.74) is 2.51. The van der Waals surface area contributed by atoms with Gasteiger partial charge in [-0.15, -0.1) is 0 Å². The molecule has 0 spiro atoms. The lowest BCUT2D eigenvalue weighted by Gasteiger charge is -2.40. The molecule has 0 aromatic heterocycles. The first kappa shape index (κ1) is 23.0. The van der Waals surface area contributed by atoms with Crippen LogP contribution in [0.5, 0.6) is 5.75 Å². The van der Waals surface area contributed by atoms with Gasteiger partial charge in [0.15, 0.2) is 6.29 Å². The van der Waals surface area contributed by atoms with Gasteiger partial charge < -0.3 is 34.3 Å². The number of hydrogen-bond donors (Lipinski definition) is 3. The maximum absolute atomic E-state index is 10.4. The number of halogens is 1. The van der Waals surface area contributed by atoms with Gasteiger partial charge in [0.25, 0.3) is 0 Å². The van der Waals surface area contributed by atoms with Gasteiger partial charge in [-0.2, -0.15) is 0 Å². The van der Waals surface area contributed by atoms with Gasteiger partial charge in [0.05, 0.1) is 6.61 Å². The second kappa shape index (κ2) is 10.5. The lowest BCUT2D eigenvalue weighted by Crippen LogP contribution is -2.54. The Morgan fingerprint density at radius 2 is 1.67 bits per heavy atom. The fourth-order valence-corrected chi connectivity index (χ4v) is 3.58. The monoisotopic (exact) mass is 438 g/mol. The van der Waals surface area contributed by atoms with E-state index in [0.29, 0.717) is 30.2 Å². The molecule has 1 fully saturated rings. The summed E-state index contributed by atoms with van der Waals surface area (Å²) in [5.74, 6) is 0.757. The maximum atomic E-state index is 10.4. The first-order valence-electron chi connectivity index (χ1n) is 9.66. The smallest absolute Gasteiger partial charge is 0.186 e. The van der Waals surface area contributed by atoms with Crippen LogP contribution in [0.4, 0.5) is 0 Å². The standard InChI is InChI=1S/C22H27ClO7/c1-27-9-10-29-16-6-3-13(4-7-16)11-15-12-14(5-8-17(15)23)21-19(25)18(24)20(26)22(28-2)30-21/h3-8,12,18-22,24-26H,9-11H2,1-2H3/t18-,19-,20+,21+,22?/m1/s1. The number of hydrogen-bond acceptors (Lipinski definition) is 7. The van der Waals surface area contributed by atoms with Crippen molar-refractivity contribution >= 4 is 11.6 Å². The SMILES string of the molecule is COCCOc1ccc(Cc2cc([C@@H]3OC(OC)[C@@H](O)[C@H](O)[C@H]3O)ccc2Cl)cc1. The van der Waals surface area contributed by atoms with E-state index in [1.807, 2.05) is 30.3 Å². The van der Waals surface area contributed by atoms with Gasteiger partial charge in [-0.25, -0.2) is 0 Å². The summed E-state index contributed by atoms with van der Waals surface area (Å²) < 4.78 is 21.3. The Morgan fingerprint density at radius 3 is 2.33 bits per heavy atom. The molecule has 164 valence electrons. The van der Waals surface area contributed by atoms with Crippen LogP contribution < -0.4 is 4.74 Å². The molecule has 1 saturated heterocycles. The molecule has 7 nitrogen and oxygen atoms in total. The highest BCUT2D eigenvalue weighted by atomic mass is 35.5. The van der Waals surface area contributed by atoms with Gasteiger partial charge in [-0.05, 0) is 41.3 Å². The maximum Gasteiger partial charge on any atom is 0.186 e. The number of ether oxygens (including phenoxy) is 4. The molecule has 0 bridgehead atoms. The van der Waals surface area contributed by atoms with E-state index in [2.05, 4.69) is 0 Å². The quantitative estimate of drug-likeness (QED) is 0.543. The fourth-order valence-electron chi connectivity index (χ4n) is 3.39. The normalized spacial score (nSPS) is 26.5. The van der Waals surface area contributed by atoms with Crippen molar-refractivity contribution in [3.8, 4) is 5.75 Å². The van der Waals surface area contributed by atoms with Crippen molar-refractivity contribution in [3.05, 3.63) is 64.2 Å². The molecule has 2 aromatic rings. The zero-order valence-corrected chi connectivity index (χ0v) is 17.7. The zero-order valence-electron chi connectivity index (χ0n) is 16.9. The van der Waals surface area contributed by atoms with E-state index in [4.69, 9.17) is 30.5 Å². The Bertz CT molecular complexity index is 812. The summed E-state index contributed by atoms with van der Waals surface area (Å²) in [5, 5.41) is 31.1. The van der Waals surface area contributed by atoms with Crippen molar-refractivity contribution in [1.82, 2.24) is 0 Å². The largest absolute Gasteiger partial charge is 0.491 e. The van der Waals surface area contributed by atoms with Crippen LogP contribution in [0.3, 0.4) is 0 Å². The Kier molecular flexibility index (Phi) is 8.07. The second-order valence-corrected chi connectivity index (χ2v) is 7.55. The molecule has 0 saturated carbocycles. The highest BCUT2D eigenvalue weighted by molar-refractivity contribution is 6.31. The first-order valence-corrected chi connectivity index (χ1v) is 10.0. The Labute approximate surface area is 180 Å². The van der Waals surface area contributed by atoms with Crippen molar-refractivity contribution in [2.24, 2.45) is 0 Å². The van der Waals surface area contributed by atoms with Crippen LogP contribution in [0.15, 0.2) is 42.5 Å². The van der Waals surface area contributed by atoms with E-state index in [-0.39, 0.29) is 0 Å². The molecule has 3 N–H and O–H groups in total. The summed E-state index contributed by atoms with van der Waals surface area (Å²) in [6, 6.07) is 13.0. The van der Waals surface area contributed by atoms with Gasteiger partial charge in [0, 0.05) is 19.2 Å². The number of benzene rings is 2. The third-order valence-electron chi connectivity index (χ3n) is 5.07. The van der Waals surface area contributed by atoms with Gasteiger partial charge in [-0.1, -0.05) is 35.9 Å². The van der Waals surface area contributed by atoms with Crippen molar-refractivity contribution in [2.75, 3.05) is 27.4 Å². The molecule has 30 heavy (non-hydrogen) atoms. The van der Waals surface area contributed by atoms with E-state index in [0.717, 1.165) is 16.9 Å². The minimum absolute atomic E-state index is 0.483. The Balaban J connectivity index is 1.75.